The Hall–Kier alpha value is -5.12. The zero-order valence-corrected chi connectivity index (χ0v) is 20.6. The van der Waals surface area contributed by atoms with Gasteiger partial charge in [-0.15, -0.1) is 0 Å². The average Bonchev–Trinajstić information content (AvgIpc) is 3.61. The van der Waals surface area contributed by atoms with Crippen molar-refractivity contribution < 1.29 is 32.9 Å². The lowest BCUT2D eigenvalue weighted by molar-refractivity contribution is 0.0690. The van der Waals surface area contributed by atoms with E-state index in [1.54, 1.807) is 43.5 Å². The highest BCUT2D eigenvalue weighted by Gasteiger charge is 2.18. The van der Waals surface area contributed by atoms with E-state index in [9.17, 15) is 9.90 Å². The quantitative estimate of drug-likeness (QED) is 0.253. The maximum atomic E-state index is 11.7. The zero-order chi connectivity index (χ0) is 26.5. The molecule has 10 nitrogen and oxygen atoms in total. The predicted molar refractivity (Wildman–Crippen MR) is 135 cm³/mol. The van der Waals surface area contributed by atoms with Crippen LogP contribution in [0.25, 0.3) is 23.0 Å². The average molecular weight is 514 g/mol. The Morgan fingerprint density at radius 2 is 1.82 bits per heavy atom. The number of nitrogens with zero attached hydrogens (tertiary/aromatic N) is 3. The van der Waals surface area contributed by atoms with Crippen LogP contribution in [-0.2, 0) is 13.2 Å². The largest absolute Gasteiger partial charge is 0.493 e. The molecule has 2 aromatic carbocycles. The second-order valence-electron chi connectivity index (χ2n) is 8.15. The molecule has 5 rings (SSSR count). The standard InChI is InChI=1S/C28H23N3O7/c1-17-21(30-27(38-17)23-9-6-12-35-23)16-36-22-11-10-18(13-24(22)34-2)15-37-26-20(28(32)33)14-29-25(31-26)19-7-4-3-5-8-19/h3-14H,15-16H2,1-2H3,(H,32,33). The molecule has 1 N–H and O–H groups in total. The van der Waals surface area contributed by atoms with E-state index in [-0.39, 0.29) is 24.7 Å². The number of aryl methyl sites for hydroxylation is 1. The number of furan rings is 1. The highest BCUT2D eigenvalue weighted by Crippen LogP contribution is 2.31. The zero-order valence-electron chi connectivity index (χ0n) is 20.6. The molecule has 0 aliphatic carbocycles. The fourth-order valence-electron chi connectivity index (χ4n) is 3.64. The Bertz CT molecular complexity index is 1550. The van der Waals surface area contributed by atoms with Crippen molar-refractivity contribution in [3.05, 3.63) is 95.7 Å². The third-order valence-electron chi connectivity index (χ3n) is 5.61. The number of carbonyl (C=O) groups is 1. The number of benzene rings is 2. The van der Waals surface area contributed by atoms with E-state index < -0.39 is 5.97 Å². The van der Waals surface area contributed by atoms with Crippen LogP contribution in [0.4, 0.5) is 0 Å². The number of methoxy groups -OCH3 is 1. The van der Waals surface area contributed by atoms with Gasteiger partial charge in [0.15, 0.2) is 23.1 Å². The summed E-state index contributed by atoms with van der Waals surface area (Å²) in [6, 6.07) is 18.1. The molecule has 0 unspecified atom stereocenters. The van der Waals surface area contributed by atoms with Crippen molar-refractivity contribution in [2.45, 2.75) is 20.1 Å². The number of aromatic nitrogens is 3. The first-order valence-electron chi connectivity index (χ1n) is 11.6. The number of aromatic carboxylic acids is 1. The summed E-state index contributed by atoms with van der Waals surface area (Å²) in [6.45, 7) is 2.02. The Morgan fingerprint density at radius 1 is 0.974 bits per heavy atom. The molecule has 0 atom stereocenters. The summed E-state index contributed by atoms with van der Waals surface area (Å²) in [6.07, 6.45) is 2.80. The number of hydrogen-bond acceptors (Lipinski definition) is 9. The van der Waals surface area contributed by atoms with Crippen LogP contribution < -0.4 is 14.2 Å². The van der Waals surface area contributed by atoms with E-state index >= 15 is 0 Å². The minimum Gasteiger partial charge on any atom is -0.493 e. The smallest absolute Gasteiger partial charge is 0.342 e. The Kier molecular flexibility index (Phi) is 7.03. The van der Waals surface area contributed by atoms with E-state index in [0.29, 0.717) is 40.4 Å². The number of carboxylic acids is 1. The van der Waals surface area contributed by atoms with E-state index in [4.69, 9.17) is 23.0 Å². The molecule has 192 valence electrons. The summed E-state index contributed by atoms with van der Waals surface area (Å²) in [7, 11) is 1.53. The summed E-state index contributed by atoms with van der Waals surface area (Å²) in [5, 5.41) is 9.56. The number of rotatable bonds is 10. The predicted octanol–water partition coefficient (Wildman–Crippen LogP) is 5.56. The Morgan fingerprint density at radius 3 is 2.55 bits per heavy atom. The molecular formula is C28H23N3O7. The van der Waals surface area contributed by atoms with Crippen molar-refractivity contribution in [2.24, 2.45) is 0 Å². The minimum atomic E-state index is -1.18. The van der Waals surface area contributed by atoms with Gasteiger partial charge in [-0.3, -0.25) is 0 Å². The molecule has 5 aromatic rings. The van der Waals surface area contributed by atoms with E-state index in [1.165, 1.54) is 13.3 Å². The van der Waals surface area contributed by atoms with Crippen molar-refractivity contribution in [3.8, 4) is 40.4 Å². The molecule has 0 aliphatic heterocycles. The van der Waals surface area contributed by atoms with Gasteiger partial charge < -0.3 is 28.2 Å². The molecule has 0 aliphatic rings. The van der Waals surface area contributed by atoms with Crippen LogP contribution in [0.15, 0.2) is 82.0 Å². The van der Waals surface area contributed by atoms with Crippen LogP contribution in [0.3, 0.4) is 0 Å². The van der Waals surface area contributed by atoms with Crippen molar-refractivity contribution >= 4 is 5.97 Å². The highest BCUT2D eigenvalue weighted by molar-refractivity contribution is 5.90. The molecule has 3 aromatic heterocycles. The van der Waals surface area contributed by atoms with Gasteiger partial charge in [-0.2, -0.15) is 4.98 Å². The lowest BCUT2D eigenvalue weighted by Crippen LogP contribution is -2.08. The second kappa shape index (κ2) is 10.9. The van der Waals surface area contributed by atoms with Crippen molar-refractivity contribution in [3.63, 3.8) is 0 Å². The van der Waals surface area contributed by atoms with Gasteiger partial charge in [0.2, 0.25) is 5.88 Å². The molecule has 0 amide bonds. The Labute approximate surface area is 217 Å². The number of carboxylic acid groups (broad SMARTS) is 1. The first-order chi connectivity index (χ1) is 18.5. The van der Waals surface area contributed by atoms with Crippen LogP contribution >= 0.6 is 0 Å². The molecule has 3 heterocycles. The minimum absolute atomic E-state index is 0.0282. The van der Waals surface area contributed by atoms with Crippen molar-refractivity contribution in [1.29, 1.82) is 0 Å². The topological polar surface area (TPSA) is 130 Å². The molecule has 0 bridgehead atoms. The molecule has 0 spiro atoms. The maximum absolute atomic E-state index is 11.7. The van der Waals surface area contributed by atoms with Gasteiger partial charge in [0.25, 0.3) is 5.89 Å². The molecular weight excluding hydrogens is 490 g/mol. The van der Waals surface area contributed by atoms with Gasteiger partial charge in [-0.1, -0.05) is 36.4 Å². The summed E-state index contributed by atoms with van der Waals surface area (Å²) >= 11 is 0. The SMILES string of the molecule is COc1cc(COc2nc(-c3ccccc3)ncc2C(=O)O)ccc1OCc1nc(-c2ccco2)oc1C. The Balaban J connectivity index is 1.29. The van der Waals surface area contributed by atoms with Crippen molar-refractivity contribution in [2.75, 3.05) is 7.11 Å². The maximum Gasteiger partial charge on any atom is 0.342 e. The summed E-state index contributed by atoms with van der Waals surface area (Å²) in [5.41, 5.74) is 1.97. The van der Waals surface area contributed by atoms with Crippen molar-refractivity contribution in [1.82, 2.24) is 15.0 Å². The number of hydrogen-bond donors (Lipinski definition) is 1. The van der Waals surface area contributed by atoms with E-state index in [0.717, 1.165) is 11.1 Å². The lowest BCUT2D eigenvalue weighted by atomic mass is 10.2. The fourth-order valence-corrected chi connectivity index (χ4v) is 3.64. The highest BCUT2D eigenvalue weighted by atomic mass is 16.5. The van der Waals surface area contributed by atoms with Gasteiger partial charge in [0.05, 0.1) is 13.4 Å². The summed E-state index contributed by atoms with van der Waals surface area (Å²) < 4.78 is 28.3. The molecule has 0 radical (unpaired) electrons. The number of ether oxygens (including phenoxy) is 3. The van der Waals surface area contributed by atoms with Gasteiger partial charge in [-0.25, -0.2) is 14.8 Å². The van der Waals surface area contributed by atoms with E-state index in [2.05, 4.69) is 15.0 Å². The third-order valence-corrected chi connectivity index (χ3v) is 5.61. The van der Waals surface area contributed by atoms with Gasteiger partial charge >= 0.3 is 5.97 Å². The molecule has 0 saturated heterocycles. The first kappa shape index (κ1) is 24.6. The van der Waals surface area contributed by atoms with Crippen LogP contribution in [-0.4, -0.2) is 33.1 Å². The lowest BCUT2D eigenvalue weighted by Gasteiger charge is -2.13. The van der Waals surface area contributed by atoms with E-state index in [1.807, 2.05) is 30.3 Å². The molecule has 0 fully saturated rings. The van der Waals surface area contributed by atoms with Crippen LogP contribution in [0, 0.1) is 6.92 Å². The third kappa shape index (κ3) is 5.34. The number of oxazole rings is 1. The first-order valence-corrected chi connectivity index (χ1v) is 11.6. The molecule has 0 saturated carbocycles. The molecule has 10 heteroatoms. The van der Waals surface area contributed by atoms with Gasteiger partial charge in [0.1, 0.15) is 30.2 Å². The summed E-state index contributed by atoms with van der Waals surface area (Å²) in [5.74, 6) is 1.67. The van der Waals surface area contributed by atoms with Crippen LogP contribution in [0.1, 0.15) is 27.4 Å². The fraction of sp³-hybridized carbons (Fsp3) is 0.143. The monoisotopic (exact) mass is 513 g/mol. The second-order valence-corrected chi connectivity index (χ2v) is 8.15. The normalized spacial score (nSPS) is 10.8. The molecule has 38 heavy (non-hydrogen) atoms. The van der Waals surface area contributed by atoms with Crippen LogP contribution in [0.2, 0.25) is 0 Å². The summed E-state index contributed by atoms with van der Waals surface area (Å²) in [4.78, 5) is 24.6. The van der Waals surface area contributed by atoms with Gasteiger partial charge in [-0.05, 0) is 36.8 Å². The van der Waals surface area contributed by atoms with Crippen LogP contribution in [0.5, 0.6) is 17.4 Å². The van der Waals surface area contributed by atoms with Gasteiger partial charge in [0, 0.05) is 11.8 Å².